The first kappa shape index (κ1) is 41.6. The molecule has 2 aliphatic heterocycles. The summed E-state index contributed by atoms with van der Waals surface area (Å²) >= 11 is 0. The Kier molecular flexibility index (Phi) is 10.3. The van der Waals surface area contributed by atoms with E-state index >= 15 is 0 Å². The van der Waals surface area contributed by atoms with Crippen LogP contribution in [0.5, 0.6) is 0 Å². The van der Waals surface area contributed by atoms with Gasteiger partial charge in [-0.25, -0.2) is 0 Å². The van der Waals surface area contributed by atoms with Crippen molar-refractivity contribution in [2.45, 2.75) is 39.3 Å². The third kappa shape index (κ3) is 7.22. The third-order valence-corrected chi connectivity index (χ3v) is 17.6. The molecule has 0 saturated carbocycles. The minimum atomic E-state index is -1.77. The lowest BCUT2D eigenvalue weighted by atomic mass is 9.33. The molecule has 0 fully saturated rings. The summed E-state index contributed by atoms with van der Waals surface area (Å²) in [5, 5.41) is 2.89. The topological polar surface area (TPSA) is 9.72 Å². The lowest BCUT2D eigenvalue weighted by molar-refractivity contribution is 1.23. The SMILES string of the molecule is C[Si](C)(C)c1ccc2c(c1)N(c1ccccc1-c1ccccc1)c1cc(N(c3ccccc3)c3ccccc3)cc3c1B2c1ccc([Si](C)(C)C)cc1N3c1ccccc1-c1ccccc1. The van der Waals surface area contributed by atoms with Crippen molar-refractivity contribution in [3.63, 3.8) is 0 Å². The Labute approximate surface area is 393 Å². The maximum atomic E-state index is 2.62. The van der Waals surface area contributed by atoms with Crippen molar-refractivity contribution in [2.75, 3.05) is 14.7 Å². The minimum Gasteiger partial charge on any atom is -0.311 e. The Morgan fingerprint density at radius 3 is 1.09 bits per heavy atom. The van der Waals surface area contributed by atoms with Gasteiger partial charge in [0.15, 0.2) is 0 Å². The van der Waals surface area contributed by atoms with Crippen molar-refractivity contribution in [1.29, 1.82) is 0 Å². The monoisotopic (exact) mass is 883 g/mol. The van der Waals surface area contributed by atoms with Gasteiger partial charge in [0.05, 0.1) is 33.2 Å². The van der Waals surface area contributed by atoms with Gasteiger partial charge in [0.2, 0.25) is 0 Å². The van der Waals surface area contributed by atoms with Crippen LogP contribution in [-0.4, -0.2) is 22.9 Å². The molecule has 0 radical (unpaired) electrons. The van der Waals surface area contributed by atoms with E-state index in [9.17, 15) is 0 Å². The quantitative estimate of drug-likeness (QED) is 0.134. The molecule has 2 heterocycles. The van der Waals surface area contributed by atoms with Gasteiger partial charge in [0.25, 0.3) is 6.71 Å². The molecule has 0 amide bonds. The Bertz CT molecular complexity index is 3020. The second-order valence-electron chi connectivity index (χ2n) is 19.8. The summed E-state index contributed by atoms with van der Waals surface area (Å²) in [5.41, 5.74) is 19.3. The van der Waals surface area contributed by atoms with Crippen molar-refractivity contribution in [3.8, 4) is 22.3 Å². The molecule has 0 unspecified atom stereocenters. The molecule has 9 aromatic carbocycles. The smallest absolute Gasteiger partial charge is 0.252 e. The number of nitrogens with zero attached hydrogens (tertiary/aromatic N) is 3. The second kappa shape index (κ2) is 16.4. The van der Waals surface area contributed by atoms with Crippen molar-refractivity contribution in [1.82, 2.24) is 0 Å². The molecule has 66 heavy (non-hydrogen) atoms. The fourth-order valence-corrected chi connectivity index (χ4v) is 12.5. The number of fused-ring (bicyclic) bond motifs is 4. The summed E-state index contributed by atoms with van der Waals surface area (Å²) < 4.78 is 0. The predicted octanol–water partition coefficient (Wildman–Crippen LogP) is 13.7. The summed E-state index contributed by atoms with van der Waals surface area (Å²) in [4.78, 5) is 7.68. The van der Waals surface area contributed by atoms with E-state index in [0.29, 0.717) is 0 Å². The zero-order valence-electron chi connectivity index (χ0n) is 38.7. The van der Waals surface area contributed by atoms with Gasteiger partial charge in [-0.1, -0.05) is 207 Å². The molecule has 0 N–H and O–H groups in total. The number of hydrogen-bond acceptors (Lipinski definition) is 3. The van der Waals surface area contributed by atoms with E-state index in [2.05, 4.69) is 272 Å². The lowest BCUT2D eigenvalue weighted by Gasteiger charge is -2.46. The predicted molar refractivity (Wildman–Crippen MR) is 292 cm³/mol. The van der Waals surface area contributed by atoms with Crippen molar-refractivity contribution in [2.24, 2.45) is 0 Å². The van der Waals surface area contributed by atoms with Crippen molar-refractivity contribution in [3.05, 3.63) is 218 Å². The molecule has 9 aromatic rings. The molecule has 0 bridgehead atoms. The van der Waals surface area contributed by atoms with Gasteiger partial charge in [-0.15, -0.1) is 0 Å². The van der Waals surface area contributed by atoms with Crippen LogP contribution in [-0.2, 0) is 0 Å². The average Bonchev–Trinajstić information content (AvgIpc) is 3.34. The molecular weight excluding hydrogens is 830 g/mol. The minimum absolute atomic E-state index is 0.0115. The Balaban J connectivity index is 1.31. The summed E-state index contributed by atoms with van der Waals surface area (Å²) in [6, 6.07) is 81.6. The number of hydrogen-bond donors (Lipinski definition) is 0. The van der Waals surface area contributed by atoms with Crippen LogP contribution >= 0.6 is 0 Å². The van der Waals surface area contributed by atoms with Gasteiger partial charge >= 0.3 is 0 Å². The van der Waals surface area contributed by atoms with E-state index in [1.807, 2.05) is 0 Å². The van der Waals surface area contributed by atoms with Crippen LogP contribution < -0.4 is 41.5 Å². The molecule has 0 saturated heterocycles. The highest BCUT2D eigenvalue weighted by atomic mass is 28.3. The first-order valence-corrected chi connectivity index (χ1v) is 30.3. The van der Waals surface area contributed by atoms with E-state index in [-0.39, 0.29) is 6.71 Å². The highest BCUT2D eigenvalue weighted by molar-refractivity contribution is 7.01. The number of benzene rings is 9. The van der Waals surface area contributed by atoms with E-state index in [1.165, 1.54) is 71.8 Å². The number of para-hydroxylation sites is 4. The number of anilines is 9. The van der Waals surface area contributed by atoms with Crippen LogP contribution in [0.1, 0.15) is 0 Å². The summed E-state index contributed by atoms with van der Waals surface area (Å²) in [5.74, 6) is 0. The summed E-state index contributed by atoms with van der Waals surface area (Å²) in [7, 11) is -3.54. The van der Waals surface area contributed by atoms with Gasteiger partial charge in [-0.2, -0.15) is 0 Å². The lowest BCUT2D eigenvalue weighted by Crippen LogP contribution is -2.62. The van der Waals surface area contributed by atoms with E-state index in [0.717, 1.165) is 28.4 Å². The molecule has 320 valence electrons. The molecule has 11 rings (SSSR count). The van der Waals surface area contributed by atoms with Crippen LogP contribution in [0.25, 0.3) is 22.3 Å². The van der Waals surface area contributed by atoms with Crippen molar-refractivity contribution < 1.29 is 0 Å². The summed E-state index contributed by atoms with van der Waals surface area (Å²) in [6.07, 6.45) is 0. The maximum Gasteiger partial charge on any atom is 0.252 e. The van der Waals surface area contributed by atoms with Gasteiger partial charge < -0.3 is 14.7 Å². The molecule has 0 spiro atoms. The molecule has 0 aliphatic carbocycles. The van der Waals surface area contributed by atoms with E-state index in [1.54, 1.807) is 0 Å². The third-order valence-electron chi connectivity index (χ3n) is 13.5. The zero-order valence-corrected chi connectivity index (χ0v) is 40.7. The zero-order chi connectivity index (χ0) is 45.2. The molecule has 0 atom stereocenters. The van der Waals surface area contributed by atoms with Gasteiger partial charge in [-0.3, -0.25) is 0 Å². The number of rotatable bonds is 9. The first-order chi connectivity index (χ1) is 32.0. The van der Waals surface area contributed by atoms with Crippen LogP contribution in [0, 0.1) is 0 Å². The molecule has 3 nitrogen and oxygen atoms in total. The van der Waals surface area contributed by atoms with E-state index in [4.69, 9.17) is 0 Å². The Morgan fingerprint density at radius 2 is 0.697 bits per heavy atom. The van der Waals surface area contributed by atoms with Gasteiger partial charge in [-0.05, 0) is 88.2 Å². The Hall–Kier alpha value is -7.12. The Morgan fingerprint density at radius 1 is 0.333 bits per heavy atom. The fraction of sp³-hybridized carbons (Fsp3) is 0.100. The average molecular weight is 884 g/mol. The van der Waals surface area contributed by atoms with E-state index < -0.39 is 16.1 Å². The molecular formula is C60H54BN3Si2. The van der Waals surface area contributed by atoms with Crippen LogP contribution in [0.4, 0.5) is 51.2 Å². The van der Waals surface area contributed by atoms with Crippen LogP contribution in [0.3, 0.4) is 0 Å². The van der Waals surface area contributed by atoms with Crippen LogP contribution in [0.2, 0.25) is 39.3 Å². The molecule has 0 aromatic heterocycles. The standard InChI is InChI=1S/C60H54BN3Si2/c1-65(2,3)48-35-37-52-56(41-48)63(54-33-21-19-31-50(54)43-23-11-7-12-24-43)58-39-47(62(45-27-15-9-16-28-45)46-29-17-10-18-30-46)40-59-60(58)61(52)53-38-36-49(66(4,5)6)42-57(53)64(59)55-34-22-20-32-51(55)44-25-13-8-14-26-44/h7-42H,1-6H3. The van der Waals surface area contributed by atoms with Gasteiger partial charge in [0, 0.05) is 45.3 Å². The largest absolute Gasteiger partial charge is 0.311 e. The van der Waals surface area contributed by atoms with Crippen molar-refractivity contribution >= 4 is 101 Å². The second-order valence-corrected chi connectivity index (χ2v) is 30.0. The summed E-state index contributed by atoms with van der Waals surface area (Å²) in [6.45, 7) is 14.8. The van der Waals surface area contributed by atoms with Gasteiger partial charge in [0.1, 0.15) is 0 Å². The maximum absolute atomic E-state index is 2.62. The molecule has 2 aliphatic rings. The molecule has 6 heteroatoms. The highest BCUT2D eigenvalue weighted by Gasteiger charge is 2.45. The highest BCUT2D eigenvalue weighted by Crippen LogP contribution is 2.50. The fourth-order valence-electron chi connectivity index (χ4n) is 10.2. The normalized spacial score (nSPS) is 12.9. The van der Waals surface area contributed by atoms with Crippen LogP contribution in [0.15, 0.2) is 218 Å². The first-order valence-electron chi connectivity index (χ1n) is 23.3.